The number of aromatic nitrogens is 1. The largest absolute Gasteiger partial charge is 0.336 e. The highest BCUT2D eigenvalue weighted by Crippen LogP contribution is 2.24. The van der Waals surface area contributed by atoms with E-state index in [1.54, 1.807) is 11.8 Å². The van der Waals surface area contributed by atoms with E-state index < -0.39 is 14.9 Å². The highest BCUT2D eigenvalue weighted by atomic mass is 32.2. The fraction of sp³-hybridized carbons (Fsp3) is 0.273. The fourth-order valence-corrected chi connectivity index (χ4v) is 5.28. The lowest BCUT2D eigenvalue weighted by Gasteiger charge is -2.34. The molecule has 0 bridgehead atoms. The van der Waals surface area contributed by atoms with Gasteiger partial charge in [-0.15, -0.1) is 0 Å². The number of piperazine rings is 1. The number of amides is 1. The van der Waals surface area contributed by atoms with Gasteiger partial charge in [-0.2, -0.15) is 4.31 Å². The maximum atomic E-state index is 13.1. The lowest BCUT2D eigenvalue weighted by molar-refractivity contribution is -0.385. The summed E-state index contributed by atoms with van der Waals surface area (Å²) in [6, 6.07) is 12.7. The normalized spacial score (nSPS) is 15.1. The predicted octanol–water partition coefficient (Wildman–Crippen LogP) is 2.91. The summed E-state index contributed by atoms with van der Waals surface area (Å²) < 4.78 is 27.1. The Morgan fingerprint density at radius 3 is 2.44 bits per heavy atom. The van der Waals surface area contributed by atoms with E-state index in [0.29, 0.717) is 11.3 Å². The molecule has 4 rings (SSSR count). The molecule has 2 aromatic carbocycles. The van der Waals surface area contributed by atoms with Gasteiger partial charge in [-0.25, -0.2) is 8.42 Å². The van der Waals surface area contributed by atoms with E-state index in [4.69, 9.17) is 0 Å². The zero-order valence-electron chi connectivity index (χ0n) is 17.7. The maximum absolute atomic E-state index is 13.1. The van der Waals surface area contributed by atoms with Crippen molar-refractivity contribution in [1.29, 1.82) is 0 Å². The molecular weight excluding hydrogens is 432 g/mol. The highest BCUT2D eigenvalue weighted by molar-refractivity contribution is 7.89. The molecule has 1 saturated heterocycles. The minimum absolute atomic E-state index is 0.107. The predicted molar refractivity (Wildman–Crippen MR) is 119 cm³/mol. The van der Waals surface area contributed by atoms with Gasteiger partial charge in [0.15, 0.2) is 0 Å². The topological polar surface area (TPSA) is 114 Å². The summed E-state index contributed by atoms with van der Waals surface area (Å²) in [4.78, 5) is 29.5. The molecule has 0 unspecified atom stereocenters. The lowest BCUT2D eigenvalue weighted by Crippen LogP contribution is -2.50. The number of carbonyl (C=O) groups is 1. The smallest absolute Gasteiger partial charge is 0.270 e. The quantitative estimate of drug-likeness (QED) is 0.442. The van der Waals surface area contributed by atoms with Crippen molar-refractivity contribution in [3.63, 3.8) is 0 Å². The summed E-state index contributed by atoms with van der Waals surface area (Å²) in [6.45, 7) is 4.42. The standard InChI is InChI=1S/C22H22N4O5S/c1-15-6-7-21-17(12-15)13-20(16(2)23-21)22(27)24-8-10-25(11-9-24)32(30,31)19-5-3-4-18(14-19)26(28)29/h3-7,12-14H,8-11H2,1-2H3. The minimum Gasteiger partial charge on any atom is -0.336 e. The van der Waals surface area contributed by atoms with Crippen LogP contribution in [0.2, 0.25) is 0 Å². The second-order valence-corrected chi connectivity index (χ2v) is 9.71. The summed E-state index contributed by atoms with van der Waals surface area (Å²) in [7, 11) is -3.89. The van der Waals surface area contributed by atoms with E-state index in [1.165, 1.54) is 22.5 Å². The molecule has 10 heteroatoms. The van der Waals surface area contributed by atoms with Crippen molar-refractivity contribution in [3.8, 4) is 0 Å². The third kappa shape index (κ3) is 4.06. The van der Waals surface area contributed by atoms with Gasteiger partial charge in [0.05, 0.1) is 26.6 Å². The molecule has 0 aliphatic carbocycles. The number of sulfonamides is 1. The van der Waals surface area contributed by atoms with Gasteiger partial charge >= 0.3 is 0 Å². The van der Waals surface area contributed by atoms with E-state index >= 15 is 0 Å². The molecule has 1 aromatic heterocycles. The molecule has 0 N–H and O–H groups in total. The van der Waals surface area contributed by atoms with Crippen molar-refractivity contribution in [2.75, 3.05) is 26.2 Å². The first-order valence-electron chi connectivity index (χ1n) is 10.1. The number of nitrogens with zero attached hydrogens (tertiary/aromatic N) is 4. The molecule has 1 aliphatic rings. The maximum Gasteiger partial charge on any atom is 0.270 e. The number of nitro benzene ring substituents is 1. The average molecular weight is 455 g/mol. The van der Waals surface area contributed by atoms with Crippen LogP contribution in [-0.2, 0) is 10.0 Å². The number of non-ortho nitro benzene ring substituents is 1. The molecule has 0 atom stereocenters. The Hall–Kier alpha value is -3.37. The van der Waals surface area contributed by atoms with E-state index in [-0.39, 0.29) is 42.7 Å². The van der Waals surface area contributed by atoms with Gasteiger partial charge in [0.1, 0.15) is 0 Å². The molecule has 0 saturated carbocycles. The number of pyridine rings is 1. The van der Waals surface area contributed by atoms with Crippen LogP contribution in [0.4, 0.5) is 5.69 Å². The van der Waals surface area contributed by atoms with Crippen LogP contribution in [0.5, 0.6) is 0 Å². The van der Waals surface area contributed by atoms with Crippen LogP contribution in [0.15, 0.2) is 53.4 Å². The molecular formula is C22H22N4O5S. The second-order valence-electron chi connectivity index (χ2n) is 7.77. The Bertz CT molecular complexity index is 1330. The first kappa shape index (κ1) is 21.8. The fourth-order valence-electron chi connectivity index (χ4n) is 3.82. The molecule has 1 aliphatic heterocycles. The van der Waals surface area contributed by atoms with Gasteiger partial charge in [-0.3, -0.25) is 19.9 Å². The summed E-state index contributed by atoms with van der Waals surface area (Å²) in [5, 5.41) is 11.9. The van der Waals surface area contributed by atoms with Crippen molar-refractivity contribution in [3.05, 3.63) is 75.5 Å². The van der Waals surface area contributed by atoms with Crippen LogP contribution in [0.1, 0.15) is 21.6 Å². The van der Waals surface area contributed by atoms with Crippen LogP contribution in [-0.4, -0.2) is 59.6 Å². The Labute approximate surface area is 185 Å². The summed E-state index contributed by atoms with van der Waals surface area (Å²) in [5.41, 5.74) is 2.73. The van der Waals surface area contributed by atoms with Gasteiger partial charge in [-0.1, -0.05) is 17.7 Å². The Kier molecular flexibility index (Phi) is 5.66. The van der Waals surface area contributed by atoms with Gasteiger partial charge in [0.25, 0.3) is 11.6 Å². The molecule has 32 heavy (non-hydrogen) atoms. The monoisotopic (exact) mass is 454 g/mol. The number of hydrogen-bond acceptors (Lipinski definition) is 6. The summed E-state index contributed by atoms with van der Waals surface area (Å²) >= 11 is 0. The van der Waals surface area contributed by atoms with Crippen molar-refractivity contribution < 1.29 is 18.1 Å². The molecule has 0 spiro atoms. The molecule has 0 radical (unpaired) electrons. The number of hydrogen-bond donors (Lipinski definition) is 0. The number of benzene rings is 2. The van der Waals surface area contributed by atoms with Crippen LogP contribution in [0.3, 0.4) is 0 Å². The molecule has 1 amide bonds. The van der Waals surface area contributed by atoms with Gasteiger partial charge in [0.2, 0.25) is 10.0 Å². The first-order valence-corrected chi connectivity index (χ1v) is 11.5. The average Bonchev–Trinajstić information content (AvgIpc) is 2.78. The van der Waals surface area contributed by atoms with E-state index in [2.05, 4.69) is 4.98 Å². The van der Waals surface area contributed by atoms with Gasteiger partial charge < -0.3 is 4.90 Å². The van der Waals surface area contributed by atoms with Crippen molar-refractivity contribution in [2.45, 2.75) is 18.7 Å². The number of carbonyl (C=O) groups excluding carboxylic acids is 1. The zero-order chi connectivity index (χ0) is 23.0. The molecule has 2 heterocycles. The molecule has 1 fully saturated rings. The third-order valence-corrected chi connectivity index (χ3v) is 7.48. The first-order chi connectivity index (χ1) is 15.2. The van der Waals surface area contributed by atoms with Crippen LogP contribution in [0.25, 0.3) is 10.9 Å². The van der Waals surface area contributed by atoms with Crippen molar-refractivity contribution >= 4 is 32.5 Å². The van der Waals surface area contributed by atoms with E-state index in [1.807, 2.05) is 31.2 Å². The Morgan fingerprint density at radius 1 is 1.03 bits per heavy atom. The molecule has 9 nitrogen and oxygen atoms in total. The number of aryl methyl sites for hydroxylation is 2. The Morgan fingerprint density at radius 2 is 1.75 bits per heavy atom. The summed E-state index contributed by atoms with van der Waals surface area (Å²) in [6.07, 6.45) is 0. The van der Waals surface area contributed by atoms with Gasteiger partial charge in [-0.05, 0) is 38.1 Å². The van der Waals surface area contributed by atoms with Crippen LogP contribution in [0, 0.1) is 24.0 Å². The Balaban J connectivity index is 1.52. The lowest BCUT2D eigenvalue weighted by atomic mass is 10.1. The molecule has 3 aromatic rings. The third-order valence-electron chi connectivity index (χ3n) is 5.58. The number of fused-ring (bicyclic) bond motifs is 1. The van der Waals surface area contributed by atoms with Crippen LogP contribution < -0.4 is 0 Å². The summed E-state index contributed by atoms with van der Waals surface area (Å²) in [5.74, 6) is -0.189. The highest BCUT2D eigenvalue weighted by Gasteiger charge is 2.31. The van der Waals surface area contributed by atoms with Crippen molar-refractivity contribution in [1.82, 2.24) is 14.2 Å². The van der Waals surface area contributed by atoms with Crippen molar-refractivity contribution in [2.24, 2.45) is 0 Å². The molecule has 166 valence electrons. The number of nitro groups is 1. The zero-order valence-corrected chi connectivity index (χ0v) is 18.5. The van der Waals surface area contributed by atoms with Gasteiger partial charge in [0, 0.05) is 43.7 Å². The van der Waals surface area contributed by atoms with Crippen LogP contribution >= 0.6 is 0 Å². The minimum atomic E-state index is -3.89. The number of rotatable bonds is 4. The van der Waals surface area contributed by atoms with E-state index in [0.717, 1.165) is 22.5 Å². The van der Waals surface area contributed by atoms with E-state index in [9.17, 15) is 23.3 Å². The second kappa shape index (κ2) is 8.29. The SMILES string of the molecule is Cc1ccc2nc(C)c(C(=O)N3CCN(S(=O)(=O)c4cccc([N+](=O)[O-])c4)CC3)cc2c1.